The summed E-state index contributed by atoms with van der Waals surface area (Å²) in [5, 5.41) is 9.53. The minimum absolute atomic E-state index is 0.0291. The number of carboxylic acids is 1. The molecule has 3 fully saturated rings. The highest BCUT2D eigenvalue weighted by Gasteiger charge is 2.33. The molecule has 4 heterocycles. The first-order chi connectivity index (χ1) is 22.4. The quantitative estimate of drug-likeness (QED) is 0.200. The molecule has 10 nitrogen and oxygen atoms in total. The van der Waals surface area contributed by atoms with Crippen LogP contribution in [0.15, 0.2) is 48.5 Å². The van der Waals surface area contributed by atoms with Gasteiger partial charge in [-0.1, -0.05) is 6.07 Å². The van der Waals surface area contributed by atoms with Crippen molar-refractivity contribution >= 4 is 22.8 Å². The Morgan fingerprint density at radius 1 is 1.04 bits per heavy atom. The third-order valence-corrected chi connectivity index (χ3v) is 9.33. The molecular formula is C35H37FN4O6. The zero-order valence-corrected chi connectivity index (χ0v) is 25.8. The summed E-state index contributed by atoms with van der Waals surface area (Å²) in [5.74, 6) is 0.400. The maximum Gasteiger partial charge on any atom is 0.335 e. The molecule has 0 amide bonds. The van der Waals surface area contributed by atoms with E-state index in [2.05, 4.69) is 9.47 Å². The molecule has 4 aromatic rings. The van der Waals surface area contributed by atoms with Crippen molar-refractivity contribution in [2.45, 2.75) is 63.8 Å². The van der Waals surface area contributed by atoms with Crippen LogP contribution in [0, 0.1) is 11.7 Å². The smallest absolute Gasteiger partial charge is 0.335 e. The topological polar surface area (TPSA) is 116 Å². The maximum atomic E-state index is 14.9. The number of aromatic nitrogens is 3. The summed E-state index contributed by atoms with van der Waals surface area (Å²) in [7, 11) is 1.48. The number of fused-ring (bicyclic) bond motifs is 1. The lowest BCUT2D eigenvalue weighted by Gasteiger charge is -2.32. The van der Waals surface area contributed by atoms with Crippen molar-refractivity contribution in [3.05, 3.63) is 82.6 Å². The van der Waals surface area contributed by atoms with Crippen LogP contribution in [0.25, 0.3) is 11.0 Å². The Hall–Kier alpha value is -4.35. The minimum Gasteiger partial charge on any atom is -0.496 e. The highest BCUT2D eigenvalue weighted by atomic mass is 19.1. The molecule has 1 unspecified atom stereocenters. The number of rotatable bonds is 12. The van der Waals surface area contributed by atoms with Crippen LogP contribution in [0.1, 0.15) is 75.8 Å². The second kappa shape index (κ2) is 12.8. The van der Waals surface area contributed by atoms with Gasteiger partial charge in [-0.3, -0.25) is 9.69 Å². The Morgan fingerprint density at radius 3 is 2.54 bits per heavy atom. The Balaban J connectivity index is 0.991. The number of pyridine rings is 1. The minimum atomic E-state index is -0.955. The van der Waals surface area contributed by atoms with Gasteiger partial charge >= 0.3 is 5.97 Å². The zero-order valence-electron chi connectivity index (χ0n) is 25.8. The lowest BCUT2D eigenvalue weighted by Crippen LogP contribution is -2.35. The fourth-order valence-electron chi connectivity index (χ4n) is 6.37. The van der Waals surface area contributed by atoms with E-state index < -0.39 is 11.8 Å². The summed E-state index contributed by atoms with van der Waals surface area (Å²) in [5.41, 5.74) is 3.39. The molecule has 1 N–H and O–H groups in total. The number of carbonyl (C=O) groups is 2. The number of carbonyl (C=O) groups excluding carboxylic acids is 1. The number of likely N-dealkylation sites (tertiary alicyclic amines) is 1. The third kappa shape index (κ3) is 6.34. The number of benzene rings is 2. The summed E-state index contributed by atoms with van der Waals surface area (Å²) in [6.45, 7) is 3.75. The Kier molecular flexibility index (Phi) is 8.44. The second-order valence-corrected chi connectivity index (χ2v) is 12.5. The number of imidazole rings is 1. The summed E-state index contributed by atoms with van der Waals surface area (Å²) in [6.07, 6.45) is 4.60. The van der Waals surface area contributed by atoms with E-state index in [1.54, 1.807) is 30.3 Å². The van der Waals surface area contributed by atoms with E-state index in [1.807, 2.05) is 12.1 Å². The molecule has 2 aromatic carbocycles. The summed E-state index contributed by atoms with van der Waals surface area (Å²) >= 11 is 0. The highest BCUT2D eigenvalue weighted by molar-refractivity contribution is 6.01. The molecule has 7 rings (SSSR count). The van der Waals surface area contributed by atoms with Crippen molar-refractivity contribution < 1.29 is 33.3 Å². The van der Waals surface area contributed by atoms with Gasteiger partial charge < -0.3 is 23.9 Å². The average Bonchev–Trinajstić information content (AvgIpc) is 3.84. The lowest BCUT2D eigenvalue weighted by atomic mass is 9.93. The van der Waals surface area contributed by atoms with Crippen LogP contribution in [-0.4, -0.2) is 69.2 Å². The van der Waals surface area contributed by atoms with Gasteiger partial charge in [0.1, 0.15) is 24.0 Å². The number of Topliss-reactive ketones (excluding diaryl/α,β-unsaturated/α-hetero) is 1. The lowest BCUT2D eigenvalue weighted by molar-refractivity contribution is -0.0592. The standard InChI is InChI=1S/C35H37FN4O6/c1-44-31-16-24(27(36)17-26(31)34(41)22-5-6-22)20-46-33-4-2-3-28(38-33)21-9-12-39(13-10-21)19-32-37-29-8-7-23(35(42)43)15-30(29)40(32)18-25-11-14-45-25/h2-4,7-8,15-17,21-22,25H,5-6,9-14,18-20H2,1H3,(H,42,43). The number of methoxy groups -OCH3 is 1. The van der Waals surface area contributed by atoms with Crippen molar-refractivity contribution in [2.24, 2.45) is 5.92 Å². The van der Waals surface area contributed by atoms with Crippen LogP contribution >= 0.6 is 0 Å². The molecule has 2 aromatic heterocycles. The molecule has 1 atom stereocenters. The van der Waals surface area contributed by atoms with Crippen LogP contribution in [0.3, 0.4) is 0 Å². The molecule has 240 valence electrons. The van der Waals surface area contributed by atoms with Gasteiger partial charge in [-0.2, -0.15) is 0 Å². The second-order valence-electron chi connectivity index (χ2n) is 12.5. The van der Waals surface area contributed by atoms with Crippen LogP contribution in [0.2, 0.25) is 0 Å². The fraction of sp³-hybridized carbons (Fsp3) is 0.429. The van der Waals surface area contributed by atoms with E-state index in [9.17, 15) is 19.1 Å². The van der Waals surface area contributed by atoms with Gasteiger partial charge in [0.25, 0.3) is 0 Å². The number of carboxylic acid groups (broad SMARTS) is 1. The first-order valence-electron chi connectivity index (χ1n) is 15.9. The van der Waals surface area contributed by atoms with E-state index in [0.717, 1.165) is 74.4 Å². The first kappa shape index (κ1) is 30.3. The van der Waals surface area contributed by atoms with E-state index in [1.165, 1.54) is 13.2 Å². The summed E-state index contributed by atoms with van der Waals surface area (Å²) in [4.78, 5) is 36.2. The van der Waals surface area contributed by atoms with Crippen LogP contribution in [0.5, 0.6) is 11.6 Å². The van der Waals surface area contributed by atoms with Gasteiger partial charge in [-0.05, 0) is 81.6 Å². The average molecular weight is 629 g/mol. The molecule has 2 aliphatic heterocycles. The van der Waals surface area contributed by atoms with Gasteiger partial charge in [0.05, 0.1) is 48.5 Å². The Labute approximate surface area is 266 Å². The number of nitrogens with zero attached hydrogens (tertiary/aromatic N) is 4. The molecule has 46 heavy (non-hydrogen) atoms. The highest BCUT2D eigenvalue weighted by Crippen LogP contribution is 2.36. The molecule has 3 aliphatic rings. The SMILES string of the molecule is COc1cc(COc2cccc(C3CCN(Cc4nc5ccc(C(=O)O)cc5n4CC4CCO4)CC3)n2)c(F)cc1C(=O)C1CC1. The Morgan fingerprint density at radius 2 is 1.85 bits per heavy atom. The molecule has 0 spiro atoms. The number of piperidine rings is 1. The van der Waals surface area contributed by atoms with Crippen molar-refractivity contribution in [3.8, 4) is 11.6 Å². The number of ether oxygens (including phenoxy) is 3. The van der Waals surface area contributed by atoms with Gasteiger partial charge in [0.15, 0.2) is 5.78 Å². The van der Waals surface area contributed by atoms with E-state index in [0.29, 0.717) is 30.3 Å². The van der Waals surface area contributed by atoms with E-state index in [4.69, 9.17) is 24.2 Å². The van der Waals surface area contributed by atoms with Crippen LogP contribution in [-0.2, 0) is 24.4 Å². The third-order valence-electron chi connectivity index (χ3n) is 9.33. The molecule has 1 aliphatic carbocycles. The number of ketones is 1. The largest absolute Gasteiger partial charge is 0.496 e. The molecule has 11 heteroatoms. The van der Waals surface area contributed by atoms with Crippen LogP contribution < -0.4 is 9.47 Å². The number of hydrogen-bond acceptors (Lipinski definition) is 8. The maximum absolute atomic E-state index is 14.9. The molecule has 0 bridgehead atoms. The first-order valence-corrected chi connectivity index (χ1v) is 15.9. The summed E-state index contributed by atoms with van der Waals surface area (Å²) < 4.78 is 34.1. The monoisotopic (exact) mass is 628 g/mol. The fourth-order valence-corrected chi connectivity index (χ4v) is 6.37. The van der Waals surface area contributed by atoms with Crippen LogP contribution in [0.4, 0.5) is 4.39 Å². The predicted octanol–water partition coefficient (Wildman–Crippen LogP) is 5.62. The number of aromatic carboxylic acids is 1. The van der Waals surface area contributed by atoms with E-state index >= 15 is 0 Å². The summed E-state index contributed by atoms with van der Waals surface area (Å²) in [6, 6.07) is 13.6. The zero-order chi connectivity index (χ0) is 31.8. The Bertz CT molecular complexity index is 1770. The van der Waals surface area contributed by atoms with Gasteiger partial charge in [0, 0.05) is 35.8 Å². The van der Waals surface area contributed by atoms with Crippen molar-refractivity contribution in [3.63, 3.8) is 0 Å². The molecule has 1 saturated carbocycles. The predicted molar refractivity (Wildman–Crippen MR) is 167 cm³/mol. The van der Waals surface area contributed by atoms with Gasteiger partial charge in [0.2, 0.25) is 5.88 Å². The molecule has 0 radical (unpaired) electrons. The number of hydrogen-bond donors (Lipinski definition) is 1. The molecular weight excluding hydrogens is 591 g/mol. The van der Waals surface area contributed by atoms with Crippen molar-refractivity contribution in [2.75, 3.05) is 26.8 Å². The van der Waals surface area contributed by atoms with Crippen molar-refractivity contribution in [1.82, 2.24) is 19.4 Å². The number of halogens is 1. The van der Waals surface area contributed by atoms with Gasteiger partial charge in [-0.25, -0.2) is 19.2 Å². The van der Waals surface area contributed by atoms with Crippen molar-refractivity contribution in [1.29, 1.82) is 0 Å². The molecule has 2 saturated heterocycles. The normalized spacial score (nSPS) is 18.8. The van der Waals surface area contributed by atoms with E-state index in [-0.39, 0.29) is 41.5 Å². The van der Waals surface area contributed by atoms with Gasteiger partial charge in [-0.15, -0.1) is 0 Å².